The van der Waals surface area contributed by atoms with Crippen molar-refractivity contribution in [1.82, 2.24) is 0 Å². The number of anilines is 1. The number of nitrogens with zero attached hydrogens (tertiary/aromatic N) is 1. The van der Waals surface area contributed by atoms with Crippen molar-refractivity contribution in [3.05, 3.63) is 65.5 Å². The number of allylic oxidation sites excluding steroid dienone is 1. The minimum absolute atomic E-state index is 0.151. The lowest BCUT2D eigenvalue weighted by molar-refractivity contribution is -0.133. The van der Waals surface area contributed by atoms with E-state index in [1.165, 1.54) is 26.0 Å². The van der Waals surface area contributed by atoms with Gasteiger partial charge >= 0.3 is 5.97 Å². The van der Waals surface area contributed by atoms with E-state index in [2.05, 4.69) is 4.90 Å². The van der Waals surface area contributed by atoms with E-state index in [-0.39, 0.29) is 12.4 Å². The average molecular weight is 383 g/mol. The molecule has 0 aromatic heterocycles. The van der Waals surface area contributed by atoms with Gasteiger partial charge in [-0.15, -0.1) is 0 Å². The van der Waals surface area contributed by atoms with Crippen molar-refractivity contribution in [1.29, 1.82) is 0 Å². The van der Waals surface area contributed by atoms with Crippen molar-refractivity contribution in [2.24, 2.45) is 5.92 Å². The Bertz CT molecular complexity index is 874. The van der Waals surface area contributed by atoms with E-state index in [1.807, 2.05) is 37.4 Å². The van der Waals surface area contributed by atoms with Crippen molar-refractivity contribution < 1.29 is 18.7 Å². The number of rotatable bonds is 8. The molecule has 0 bridgehead atoms. The lowest BCUT2D eigenvalue weighted by atomic mass is 10.00. The summed E-state index contributed by atoms with van der Waals surface area (Å²) in [6.45, 7) is 2.88. The fourth-order valence-corrected chi connectivity index (χ4v) is 3.20. The van der Waals surface area contributed by atoms with E-state index in [4.69, 9.17) is 9.47 Å². The molecule has 4 nitrogen and oxygen atoms in total. The standard InChI is InChI=1S/C23H26FNO3/c1-4-19(23(26)27-3)20-8-6-5-7-17(20)15-28-22-12-11-18(13-21(22)24)25(2)14-16-9-10-16/h4-8,11-13,16H,9-10,14-15H2,1-3H3. The second-order valence-corrected chi connectivity index (χ2v) is 7.08. The summed E-state index contributed by atoms with van der Waals surface area (Å²) in [4.78, 5) is 14.1. The minimum atomic E-state index is -0.413. The first kappa shape index (κ1) is 19.9. The molecule has 2 aromatic rings. The third kappa shape index (κ3) is 4.71. The molecule has 1 saturated carbocycles. The van der Waals surface area contributed by atoms with Gasteiger partial charge in [0, 0.05) is 25.3 Å². The maximum absolute atomic E-state index is 14.5. The van der Waals surface area contributed by atoms with Gasteiger partial charge in [0.2, 0.25) is 0 Å². The number of carbonyl (C=O) groups excluding carboxylic acids is 1. The number of hydrogen-bond donors (Lipinski definition) is 0. The summed E-state index contributed by atoms with van der Waals surface area (Å²) in [6.07, 6.45) is 4.22. The van der Waals surface area contributed by atoms with Crippen LogP contribution in [0.15, 0.2) is 48.5 Å². The van der Waals surface area contributed by atoms with Crippen molar-refractivity contribution in [3.63, 3.8) is 0 Å². The van der Waals surface area contributed by atoms with E-state index >= 15 is 0 Å². The molecule has 28 heavy (non-hydrogen) atoms. The molecule has 0 heterocycles. The monoisotopic (exact) mass is 383 g/mol. The molecule has 0 radical (unpaired) electrons. The number of esters is 1. The third-order valence-corrected chi connectivity index (χ3v) is 4.97. The predicted molar refractivity (Wildman–Crippen MR) is 109 cm³/mol. The molecular weight excluding hydrogens is 357 g/mol. The smallest absolute Gasteiger partial charge is 0.338 e. The summed E-state index contributed by atoms with van der Waals surface area (Å²) >= 11 is 0. The van der Waals surface area contributed by atoms with Crippen LogP contribution in [0.25, 0.3) is 5.57 Å². The first-order valence-corrected chi connectivity index (χ1v) is 9.50. The molecule has 0 amide bonds. The number of ether oxygens (including phenoxy) is 2. The van der Waals surface area contributed by atoms with Crippen LogP contribution in [-0.4, -0.2) is 26.7 Å². The molecule has 0 saturated heterocycles. The molecule has 1 aliphatic rings. The van der Waals surface area contributed by atoms with Gasteiger partial charge in [-0.25, -0.2) is 9.18 Å². The van der Waals surface area contributed by atoms with Gasteiger partial charge in [-0.2, -0.15) is 0 Å². The highest BCUT2D eigenvalue weighted by Gasteiger charge is 2.23. The Morgan fingerprint density at radius 2 is 2.00 bits per heavy atom. The number of hydrogen-bond acceptors (Lipinski definition) is 4. The highest BCUT2D eigenvalue weighted by atomic mass is 19.1. The van der Waals surface area contributed by atoms with E-state index in [1.54, 1.807) is 19.1 Å². The lowest BCUT2D eigenvalue weighted by Crippen LogP contribution is -2.20. The number of benzene rings is 2. The summed E-state index contributed by atoms with van der Waals surface area (Å²) in [5.41, 5.74) is 2.81. The molecule has 3 rings (SSSR count). The molecular formula is C23H26FNO3. The summed E-state index contributed by atoms with van der Waals surface area (Å²) in [5.74, 6) is 0.121. The van der Waals surface area contributed by atoms with E-state index < -0.39 is 11.8 Å². The second kappa shape index (κ2) is 8.91. The molecule has 1 aliphatic carbocycles. The Labute approximate surface area is 165 Å². The molecule has 1 fully saturated rings. The zero-order valence-corrected chi connectivity index (χ0v) is 16.6. The van der Waals surface area contributed by atoms with Crippen LogP contribution in [0.3, 0.4) is 0 Å². The quantitative estimate of drug-likeness (QED) is 0.484. The number of carbonyl (C=O) groups is 1. The van der Waals surface area contributed by atoms with E-state index in [9.17, 15) is 9.18 Å². The SMILES string of the molecule is CC=C(C(=O)OC)c1ccccc1COc1ccc(N(C)CC2CC2)cc1F. The van der Waals surface area contributed by atoms with Crippen LogP contribution < -0.4 is 9.64 Å². The number of halogens is 1. The van der Waals surface area contributed by atoms with Gasteiger partial charge in [-0.1, -0.05) is 30.3 Å². The van der Waals surface area contributed by atoms with Crippen molar-refractivity contribution >= 4 is 17.2 Å². The van der Waals surface area contributed by atoms with Gasteiger partial charge < -0.3 is 14.4 Å². The van der Waals surface area contributed by atoms with Crippen LogP contribution in [0.5, 0.6) is 5.75 Å². The van der Waals surface area contributed by atoms with Gasteiger partial charge in [0.1, 0.15) is 6.61 Å². The van der Waals surface area contributed by atoms with Gasteiger partial charge in [-0.3, -0.25) is 0 Å². The van der Waals surface area contributed by atoms with Crippen molar-refractivity contribution in [3.8, 4) is 5.75 Å². The van der Waals surface area contributed by atoms with Crippen molar-refractivity contribution in [2.45, 2.75) is 26.4 Å². The molecule has 0 spiro atoms. The molecule has 2 aromatic carbocycles. The maximum Gasteiger partial charge on any atom is 0.338 e. The van der Waals surface area contributed by atoms with Gasteiger partial charge in [0.25, 0.3) is 0 Å². The summed E-state index contributed by atoms with van der Waals surface area (Å²) < 4.78 is 25.1. The molecule has 148 valence electrons. The van der Waals surface area contributed by atoms with Crippen molar-refractivity contribution in [2.75, 3.05) is 25.6 Å². The highest BCUT2D eigenvalue weighted by molar-refractivity contribution is 6.16. The van der Waals surface area contributed by atoms with Crippen LogP contribution in [0.2, 0.25) is 0 Å². The highest BCUT2D eigenvalue weighted by Crippen LogP contribution is 2.32. The zero-order valence-electron chi connectivity index (χ0n) is 16.6. The Morgan fingerprint density at radius 3 is 2.64 bits per heavy atom. The first-order chi connectivity index (χ1) is 13.5. The minimum Gasteiger partial charge on any atom is -0.486 e. The predicted octanol–water partition coefficient (Wildman–Crippen LogP) is 4.83. The van der Waals surface area contributed by atoms with E-state index in [0.717, 1.165) is 29.3 Å². The molecule has 0 unspecified atom stereocenters. The van der Waals surface area contributed by atoms with Crippen LogP contribution in [-0.2, 0) is 16.1 Å². The average Bonchev–Trinajstić information content (AvgIpc) is 3.52. The van der Waals surface area contributed by atoms with Gasteiger partial charge in [0.15, 0.2) is 11.6 Å². The van der Waals surface area contributed by atoms with E-state index in [0.29, 0.717) is 5.57 Å². The second-order valence-electron chi connectivity index (χ2n) is 7.08. The van der Waals surface area contributed by atoms with Gasteiger partial charge in [-0.05, 0) is 48.9 Å². The summed E-state index contributed by atoms with van der Waals surface area (Å²) in [5, 5.41) is 0. The number of methoxy groups -OCH3 is 1. The zero-order chi connectivity index (χ0) is 20.1. The summed E-state index contributed by atoms with van der Waals surface area (Å²) in [7, 11) is 3.33. The molecule has 0 aliphatic heterocycles. The molecule has 5 heteroatoms. The topological polar surface area (TPSA) is 38.8 Å². The Hall–Kier alpha value is -2.82. The van der Waals surface area contributed by atoms with Crippen LogP contribution >= 0.6 is 0 Å². The fraction of sp³-hybridized carbons (Fsp3) is 0.348. The summed E-state index contributed by atoms with van der Waals surface area (Å²) in [6, 6.07) is 12.4. The molecule has 0 N–H and O–H groups in total. The van der Waals surface area contributed by atoms with Gasteiger partial charge in [0.05, 0.1) is 12.7 Å². The Balaban J connectivity index is 1.73. The first-order valence-electron chi connectivity index (χ1n) is 9.50. The molecule has 0 atom stereocenters. The Morgan fingerprint density at radius 1 is 1.25 bits per heavy atom. The fourth-order valence-electron chi connectivity index (χ4n) is 3.20. The van der Waals surface area contributed by atoms with Crippen LogP contribution in [0, 0.1) is 11.7 Å². The largest absolute Gasteiger partial charge is 0.486 e. The van der Waals surface area contributed by atoms with Crippen LogP contribution in [0.4, 0.5) is 10.1 Å². The lowest BCUT2D eigenvalue weighted by Gasteiger charge is -2.20. The Kier molecular flexibility index (Phi) is 6.34. The van der Waals surface area contributed by atoms with Crippen LogP contribution in [0.1, 0.15) is 30.9 Å². The normalized spacial score (nSPS) is 13.9. The third-order valence-electron chi connectivity index (χ3n) is 4.97. The maximum atomic E-state index is 14.5.